The van der Waals surface area contributed by atoms with Crippen LogP contribution < -0.4 is 10.4 Å². The van der Waals surface area contributed by atoms with E-state index in [0.29, 0.717) is 0 Å². The lowest BCUT2D eigenvalue weighted by Gasteiger charge is -2.22. The quantitative estimate of drug-likeness (QED) is 0.224. The fourth-order valence-corrected chi connectivity index (χ4v) is 6.18. The molecule has 0 bridgehead atoms. The maximum Gasteiger partial charge on any atom is -0.000732 e. The molecule has 0 saturated carbocycles. The highest BCUT2D eigenvalue weighted by Gasteiger charge is 2.26. The fraction of sp³-hybridized carbons (Fsp3) is 0.189. The van der Waals surface area contributed by atoms with Crippen molar-refractivity contribution in [3.63, 3.8) is 0 Å². The monoisotopic (exact) mass is 477 g/mol. The van der Waals surface area contributed by atoms with Crippen LogP contribution in [0.15, 0.2) is 103 Å². The van der Waals surface area contributed by atoms with Crippen LogP contribution in [0.25, 0.3) is 28.3 Å². The normalized spacial score (nSPS) is 13.2. The highest BCUT2D eigenvalue weighted by atomic mass is 14.3. The molecule has 37 heavy (non-hydrogen) atoms. The Kier molecular flexibility index (Phi) is 6.49. The standard InChI is InChI=1S/C37H33/c1-3-15-31-35(28-21-11-12-22-28)33-25-29-23-13-14-24-30(29)36(33)32(16-4-2)37(31)34(26-17-7-5-8-18-26)27-19-9-6-10-20-27/h5-14,17-21,23-24H,3-4,15-16,22H2,1-2H3. The van der Waals surface area contributed by atoms with Gasteiger partial charge in [-0.1, -0.05) is 130 Å². The zero-order valence-electron chi connectivity index (χ0n) is 21.9. The Hall–Kier alpha value is -3.90. The van der Waals surface area contributed by atoms with Crippen LogP contribution in [-0.2, 0) is 12.8 Å². The molecule has 0 heteroatoms. The van der Waals surface area contributed by atoms with Gasteiger partial charge >= 0.3 is 0 Å². The molecule has 4 aromatic carbocycles. The second-order valence-corrected chi connectivity index (χ2v) is 10.1. The van der Waals surface area contributed by atoms with Gasteiger partial charge in [0.25, 0.3) is 0 Å². The van der Waals surface area contributed by atoms with Crippen molar-refractivity contribution in [2.75, 3.05) is 0 Å². The Morgan fingerprint density at radius 1 is 0.703 bits per heavy atom. The molecule has 0 nitrogen and oxygen atoms in total. The van der Waals surface area contributed by atoms with Crippen molar-refractivity contribution in [1.82, 2.24) is 0 Å². The van der Waals surface area contributed by atoms with Gasteiger partial charge in [-0.3, -0.25) is 0 Å². The van der Waals surface area contributed by atoms with Crippen molar-refractivity contribution >= 4 is 17.2 Å². The predicted octanol–water partition coefficient (Wildman–Crippen LogP) is 7.87. The van der Waals surface area contributed by atoms with Crippen LogP contribution in [-0.4, -0.2) is 0 Å². The molecule has 0 amide bonds. The van der Waals surface area contributed by atoms with Gasteiger partial charge in [0.15, 0.2) is 0 Å². The van der Waals surface area contributed by atoms with E-state index in [-0.39, 0.29) is 0 Å². The van der Waals surface area contributed by atoms with Crippen molar-refractivity contribution < 1.29 is 0 Å². The van der Waals surface area contributed by atoms with Crippen molar-refractivity contribution in [2.45, 2.75) is 46.0 Å². The molecule has 0 aliphatic heterocycles. The molecule has 4 aromatic rings. The molecule has 0 N–H and O–H groups in total. The molecule has 0 atom stereocenters. The van der Waals surface area contributed by atoms with E-state index < -0.39 is 0 Å². The Bertz CT molecular complexity index is 1590. The number of allylic oxidation sites excluding steroid dienone is 4. The van der Waals surface area contributed by atoms with E-state index in [0.717, 1.165) is 32.1 Å². The van der Waals surface area contributed by atoms with Gasteiger partial charge in [0, 0.05) is 0 Å². The first kappa shape index (κ1) is 23.5. The Morgan fingerprint density at radius 2 is 1.30 bits per heavy atom. The van der Waals surface area contributed by atoms with E-state index in [1.54, 1.807) is 0 Å². The summed E-state index contributed by atoms with van der Waals surface area (Å²) in [6, 6.07) is 30.9. The van der Waals surface area contributed by atoms with Gasteiger partial charge in [0.2, 0.25) is 0 Å². The van der Waals surface area contributed by atoms with Crippen molar-refractivity contribution in [1.29, 1.82) is 0 Å². The summed E-state index contributed by atoms with van der Waals surface area (Å²) < 4.78 is 0. The second-order valence-electron chi connectivity index (χ2n) is 10.1. The Labute approximate surface area is 221 Å². The zero-order chi connectivity index (χ0) is 25.2. The third-order valence-electron chi connectivity index (χ3n) is 7.63. The topological polar surface area (TPSA) is 0 Å². The van der Waals surface area contributed by atoms with Crippen LogP contribution in [0.1, 0.15) is 66.5 Å². The van der Waals surface area contributed by atoms with E-state index in [4.69, 9.17) is 0 Å². The minimum Gasteiger partial charge on any atom is -0.0801 e. The third-order valence-corrected chi connectivity index (χ3v) is 7.63. The first-order valence-electron chi connectivity index (χ1n) is 13.7. The highest BCUT2D eigenvalue weighted by Crippen LogP contribution is 2.35. The number of hydrogen-bond acceptors (Lipinski definition) is 0. The van der Waals surface area contributed by atoms with Gasteiger partial charge in [0.05, 0.1) is 0 Å². The fourth-order valence-electron chi connectivity index (χ4n) is 6.18. The molecule has 2 aliphatic carbocycles. The lowest BCUT2D eigenvalue weighted by atomic mass is 9.81. The van der Waals surface area contributed by atoms with Gasteiger partial charge < -0.3 is 0 Å². The van der Waals surface area contributed by atoms with E-state index in [1.807, 2.05) is 0 Å². The van der Waals surface area contributed by atoms with Crippen LogP contribution in [0.3, 0.4) is 0 Å². The summed E-state index contributed by atoms with van der Waals surface area (Å²) in [4.78, 5) is 0. The van der Waals surface area contributed by atoms with Crippen LogP contribution in [0.5, 0.6) is 0 Å². The Morgan fingerprint density at radius 3 is 1.89 bits per heavy atom. The number of hydrogen-bond donors (Lipinski definition) is 0. The minimum absolute atomic E-state index is 0.986. The predicted molar refractivity (Wildman–Crippen MR) is 158 cm³/mol. The van der Waals surface area contributed by atoms with Crippen LogP contribution in [0, 0.1) is 0 Å². The molecular weight excluding hydrogens is 444 g/mol. The summed E-state index contributed by atoms with van der Waals surface area (Å²) in [5, 5.41) is 2.76. The molecule has 0 aromatic heterocycles. The molecule has 2 aliphatic rings. The zero-order valence-corrected chi connectivity index (χ0v) is 21.9. The summed E-state index contributed by atoms with van der Waals surface area (Å²) in [6.45, 7) is 4.63. The molecule has 0 fully saturated rings. The van der Waals surface area contributed by atoms with Gasteiger partial charge in [-0.05, 0) is 91.4 Å². The minimum atomic E-state index is 0.986. The SMILES string of the molecule is CCCc1c(C2=CC=CC2)c2c(c(CCC)c1=C(c1ccccc1)c1ccccc1)-c1ccccc1[C]=2. The third kappa shape index (κ3) is 4.11. The summed E-state index contributed by atoms with van der Waals surface area (Å²) in [7, 11) is 0. The first-order chi connectivity index (χ1) is 18.3. The highest BCUT2D eigenvalue weighted by molar-refractivity contribution is 5.92. The van der Waals surface area contributed by atoms with Crippen LogP contribution in [0.4, 0.5) is 0 Å². The van der Waals surface area contributed by atoms with Gasteiger partial charge in [-0.15, -0.1) is 0 Å². The van der Waals surface area contributed by atoms with Gasteiger partial charge in [-0.2, -0.15) is 0 Å². The smallest absolute Gasteiger partial charge is 0.000732 e. The second kappa shape index (κ2) is 10.2. The summed E-state index contributed by atoms with van der Waals surface area (Å²) in [5.41, 5.74) is 13.7. The van der Waals surface area contributed by atoms with Gasteiger partial charge in [0.1, 0.15) is 0 Å². The molecule has 181 valence electrons. The molecule has 0 heterocycles. The van der Waals surface area contributed by atoms with Crippen molar-refractivity contribution in [3.05, 3.63) is 147 Å². The Balaban J connectivity index is 1.89. The first-order valence-corrected chi connectivity index (χ1v) is 13.7. The van der Waals surface area contributed by atoms with Crippen LogP contribution in [0.2, 0.25) is 0 Å². The molecule has 0 spiro atoms. The van der Waals surface area contributed by atoms with Crippen molar-refractivity contribution in [2.24, 2.45) is 0 Å². The molecular formula is C37H33. The maximum atomic E-state index is 3.89. The molecule has 0 unspecified atom stereocenters. The van der Waals surface area contributed by atoms with Crippen LogP contribution >= 0.6 is 0 Å². The van der Waals surface area contributed by atoms with E-state index in [2.05, 4.69) is 123 Å². The summed E-state index contributed by atoms with van der Waals surface area (Å²) in [5.74, 6) is 0. The lowest BCUT2D eigenvalue weighted by molar-refractivity contribution is 0.878. The molecule has 6 rings (SSSR count). The van der Waals surface area contributed by atoms with E-state index >= 15 is 0 Å². The molecule has 1 radical (unpaired) electrons. The van der Waals surface area contributed by atoms with Gasteiger partial charge in [-0.25, -0.2) is 0 Å². The number of benzene rings is 4. The maximum absolute atomic E-state index is 3.89. The largest absolute Gasteiger partial charge is 0.0801 e. The summed E-state index contributed by atoms with van der Waals surface area (Å²) >= 11 is 0. The van der Waals surface area contributed by atoms with E-state index in [9.17, 15) is 0 Å². The lowest BCUT2D eigenvalue weighted by Crippen LogP contribution is -2.30. The molecule has 0 saturated heterocycles. The summed E-state index contributed by atoms with van der Waals surface area (Å²) in [6.07, 6.45) is 16.0. The average molecular weight is 478 g/mol. The van der Waals surface area contributed by atoms with Crippen molar-refractivity contribution in [3.8, 4) is 11.1 Å². The van der Waals surface area contributed by atoms with E-state index in [1.165, 1.54) is 66.1 Å². The number of fused-ring (bicyclic) bond motifs is 3. The number of rotatable bonds is 7. The average Bonchev–Trinajstić information content (AvgIpc) is 3.60.